The largest absolute Gasteiger partial charge is 0.409 e. The second-order valence-corrected chi connectivity index (χ2v) is 3.19. The van der Waals surface area contributed by atoms with Crippen molar-refractivity contribution >= 4 is 11.9 Å². The molecule has 0 aromatic carbocycles. The molecule has 15 heavy (non-hydrogen) atoms. The highest BCUT2D eigenvalue weighted by Crippen LogP contribution is 1.90. The normalized spacial score (nSPS) is 11.2. The minimum Gasteiger partial charge on any atom is -0.409 e. The maximum atomic E-state index is 11.5. The quantitative estimate of drug-likeness (QED) is 0.199. The molecule has 88 valence electrons. The Morgan fingerprint density at radius 3 is 2.67 bits per heavy atom. The van der Waals surface area contributed by atoms with E-state index in [0.717, 1.165) is 12.8 Å². The minimum atomic E-state index is -0.183. The zero-order chi connectivity index (χ0) is 11.7. The lowest BCUT2D eigenvalue weighted by Crippen LogP contribution is -2.44. The molecule has 0 saturated heterocycles. The van der Waals surface area contributed by atoms with E-state index in [2.05, 4.69) is 17.4 Å². The van der Waals surface area contributed by atoms with E-state index in [1.165, 1.54) is 4.90 Å². The first-order valence-electron chi connectivity index (χ1n) is 5.14. The van der Waals surface area contributed by atoms with Crippen molar-refractivity contribution in [2.24, 2.45) is 10.9 Å². The van der Waals surface area contributed by atoms with Crippen LogP contribution in [0.4, 0.5) is 4.79 Å². The molecular formula is C9H20N4O2. The summed E-state index contributed by atoms with van der Waals surface area (Å²) in [7, 11) is 0. The first kappa shape index (κ1) is 13.5. The first-order chi connectivity index (χ1) is 7.15. The molecule has 6 nitrogen and oxygen atoms in total. The number of urea groups is 1. The van der Waals surface area contributed by atoms with Crippen LogP contribution < -0.4 is 11.1 Å². The van der Waals surface area contributed by atoms with E-state index in [1.54, 1.807) is 0 Å². The lowest BCUT2D eigenvalue weighted by molar-refractivity contribution is 0.206. The molecule has 2 amide bonds. The molecule has 0 fully saturated rings. The highest BCUT2D eigenvalue weighted by molar-refractivity contribution is 5.86. The van der Waals surface area contributed by atoms with Crippen LogP contribution in [0.25, 0.3) is 0 Å². The Balaban J connectivity index is 3.99. The smallest absolute Gasteiger partial charge is 0.317 e. The number of hydrogen-bond donors (Lipinski definition) is 3. The summed E-state index contributed by atoms with van der Waals surface area (Å²) in [6.07, 6.45) is 1.99. The summed E-state index contributed by atoms with van der Waals surface area (Å²) in [5, 5.41) is 14.0. The van der Waals surface area contributed by atoms with Gasteiger partial charge in [0.05, 0.1) is 6.54 Å². The van der Waals surface area contributed by atoms with E-state index in [-0.39, 0.29) is 18.4 Å². The molecule has 0 aromatic rings. The molecule has 0 aliphatic rings. The van der Waals surface area contributed by atoms with Gasteiger partial charge < -0.3 is 21.2 Å². The van der Waals surface area contributed by atoms with Crippen LogP contribution in [0.5, 0.6) is 0 Å². The van der Waals surface area contributed by atoms with Gasteiger partial charge in [0, 0.05) is 13.1 Å². The van der Waals surface area contributed by atoms with Gasteiger partial charge in [0.2, 0.25) is 0 Å². The van der Waals surface area contributed by atoms with E-state index in [1.807, 2.05) is 6.92 Å². The van der Waals surface area contributed by atoms with E-state index in [4.69, 9.17) is 10.9 Å². The number of amides is 2. The Morgan fingerprint density at radius 1 is 1.53 bits per heavy atom. The van der Waals surface area contributed by atoms with E-state index >= 15 is 0 Å². The summed E-state index contributed by atoms with van der Waals surface area (Å²) in [5.41, 5.74) is 5.32. The van der Waals surface area contributed by atoms with Gasteiger partial charge in [-0.15, -0.1) is 0 Å². The van der Waals surface area contributed by atoms with Gasteiger partial charge >= 0.3 is 6.03 Å². The van der Waals surface area contributed by atoms with Crippen molar-refractivity contribution in [2.75, 3.05) is 19.6 Å². The summed E-state index contributed by atoms with van der Waals surface area (Å²) < 4.78 is 0. The molecule has 0 bridgehead atoms. The summed E-state index contributed by atoms with van der Waals surface area (Å²) in [5.74, 6) is 0.0301. The molecule has 0 unspecified atom stereocenters. The van der Waals surface area contributed by atoms with Gasteiger partial charge in [0.15, 0.2) is 5.84 Å². The number of carbonyl (C=O) groups is 1. The van der Waals surface area contributed by atoms with E-state index in [0.29, 0.717) is 13.1 Å². The highest BCUT2D eigenvalue weighted by atomic mass is 16.4. The van der Waals surface area contributed by atoms with Crippen molar-refractivity contribution < 1.29 is 10.0 Å². The number of rotatable bonds is 6. The van der Waals surface area contributed by atoms with E-state index < -0.39 is 0 Å². The van der Waals surface area contributed by atoms with Crippen LogP contribution in [0.3, 0.4) is 0 Å². The van der Waals surface area contributed by atoms with Crippen molar-refractivity contribution in [3.63, 3.8) is 0 Å². The van der Waals surface area contributed by atoms with Crippen molar-refractivity contribution in [3.05, 3.63) is 0 Å². The third-order valence-corrected chi connectivity index (χ3v) is 1.96. The second-order valence-electron chi connectivity index (χ2n) is 3.19. The van der Waals surface area contributed by atoms with E-state index in [9.17, 15) is 4.79 Å². The topological polar surface area (TPSA) is 91.0 Å². The number of nitrogens with one attached hydrogen (secondary N) is 1. The van der Waals surface area contributed by atoms with Crippen molar-refractivity contribution in [3.8, 4) is 0 Å². The lowest BCUT2D eigenvalue weighted by Gasteiger charge is -2.20. The predicted octanol–water partition coefficient (Wildman–Crippen LogP) is 0.564. The molecule has 0 heterocycles. The van der Waals surface area contributed by atoms with Crippen LogP contribution in [-0.2, 0) is 0 Å². The molecule has 4 N–H and O–H groups in total. The molecule has 0 aromatic heterocycles. The number of likely N-dealkylation sites (N-methyl/N-ethyl adjacent to an activating group) is 1. The van der Waals surface area contributed by atoms with Gasteiger partial charge in [-0.1, -0.05) is 18.5 Å². The summed E-state index contributed by atoms with van der Waals surface area (Å²) in [6, 6.07) is -0.183. The number of carbonyl (C=O) groups excluding carboxylic acids is 1. The van der Waals surface area contributed by atoms with Crippen molar-refractivity contribution in [1.29, 1.82) is 0 Å². The number of nitrogens with zero attached hydrogens (tertiary/aromatic N) is 2. The average molecular weight is 216 g/mol. The van der Waals surface area contributed by atoms with Crippen LogP contribution in [0.1, 0.15) is 26.7 Å². The number of amidine groups is 1. The highest BCUT2D eigenvalue weighted by Gasteiger charge is 2.11. The van der Waals surface area contributed by atoms with Gasteiger partial charge in [-0.2, -0.15) is 0 Å². The molecule has 0 atom stereocenters. The summed E-state index contributed by atoms with van der Waals surface area (Å²) in [4.78, 5) is 13.0. The van der Waals surface area contributed by atoms with Gasteiger partial charge in [0.25, 0.3) is 0 Å². The monoisotopic (exact) mass is 216 g/mol. The maximum absolute atomic E-state index is 11.5. The van der Waals surface area contributed by atoms with Gasteiger partial charge in [-0.3, -0.25) is 0 Å². The zero-order valence-corrected chi connectivity index (χ0v) is 9.36. The fraction of sp³-hybridized carbons (Fsp3) is 0.778. The molecule has 0 spiro atoms. The molecule has 0 aliphatic carbocycles. The Kier molecular flexibility index (Phi) is 7.13. The average Bonchev–Trinajstić information content (AvgIpc) is 2.25. The number of hydrogen-bond acceptors (Lipinski definition) is 3. The third-order valence-electron chi connectivity index (χ3n) is 1.96. The molecule has 0 radical (unpaired) electrons. The zero-order valence-electron chi connectivity index (χ0n) is 9.36. The number of oxime groups is 1. The van der Waals surface area contributed by atoms with Gasteiger partial charge in [-0.05, 0) is 13.3 Å². The SMILES string of the molecule is CCCCNC(=O)N(CC)CC(N)=NO. The third kappa shape index (κ3) is 5.77. The summed E-state index contributed by atoms with van der Waals surface area (Å²) >= 11 is 0. The second kappa shape index (κ2) is 7.90. The Morgan fingerprint density at radius 2 is 2.20 bits per heavy atom. The molecule has 6 heteroatoms. The van der Waals surface area contributed by atoms with Crippen LogP contribution in [-0.4, -0.2) is 41.6 Å². The fourth-order valence-electron chi connectivity index (χ4n) is 1.04. The molecule has 0 saturated carbocycles. The Bertz CT molecular complexity index is 218. The number of unbranched alkanes of at least 4 members (excludes halogenated alkanes) is 1. The standard InChI is InChI=1S/C9H20N4O2/c1-3-5-6-11-9(14)13(4-2)7-8(10)12-15/h15H,3-7H2,1-2H3,(H2,10,12)(H,11,14). The van der Waals surface area contributed by atoms with Crippen LogP contribution in [0, 0.1) is 0 Å². The first-order valence-corrected chi connectivity index (χ1v) is 5.14. The van der Waals surface area contributed by atoms with Crippen LogP contribution in [0.15, 0.2) is 5.16 Å². The van der Waals surface area contributed by atoms with Crippen LogP contribution in [0.2, 0.25) is 0 Å². The Labute approximate surface area is 90.1 Å². The Hall–Kier alpha value is -1.46. The van der Waals surface area contributed by atoms with Gasteiger partial charge in [-0.25, -0.2) is 4.79 Å². The fourth-order valence-corrected chi connectivity index (χ4v) is 1.04. The molecule has 0 aliphatic heterocycles. The minimum absolute atomic E-state index is 0.0301. The molecule has 0 rings (SSSR count). The van der Waals surface area contributed by atoms with Crippen molar-refractivity contribution in [1.82, 2.24) is 10.2 Å². The maximum Gasteiger partial charge on any atom is 0.317 e. The molecular weight excluding hydrogens is 196 g/mol. The lowest BCUT2D eigenvalue weighted by atomic mass is 10.3. The van der Waals surface area contributed by atoms with Crippen LogP contribution >= 0.6 is 0 Å². The van der Waals surface area contributed by atoms with Gasteiger partial charge in [0.1, 0.15) is 0 Å². The van der Waals surface area contributed by atoms with Crippen molar-refractivity contribution in [2.45, 2.75) is 26.7 Å². The summed E-state index contributed by atoms with van der Waals surface area (Å²) in [6.45, 7) is 5.21. The predicted molar refractivity (Wildman–Crippen MR) is 59.0 cm³/mol. The number of nitrogens with two attached hydrogens (primary N) is 1.